The fraction of sp³-hybridized carbons (Fsp3) is 0.400. The summed E-state index contributed by atoms with van der Waals surface area (Å²) in [7, 11) is 0. The summed E-state index contributed by atoms with van der Waals surface area (Å²) in [6, 6.07) is 7.62. The van der Waals surface area contributed by atoms with Crippen molar-refractivity contribution in [3.8, 4) is 0 Å². The van der Waals surface area contributed by atoms with Crippen LogP contribution < -0.4 is 11.4 Å². The minimum Gasteiger partial charge on any atom is -0.423 e. The average Bonchev–Trinajstić information content (AvgIpc) is 2.37. The molecular formula is C15H17BrN2O2. The number of nitrogens with two attached hydrogens (primary N) is 1. The fourth-order valence-corrected chi connectivity index (χ4v) is 3.15. The summed E-state index contributed by atoms with van der Waals surface area (Å²) >= 11 is 3.40. The van der Waals surface area contributed by atoms with Crippen LogP contribution in [0, 0.1) is 0 Å². The Morgan fingerprint density at radius 1 is 1.40 bits per heavy atom. The molecule has 0 radical (unpaired) electrons. The molecule has 5 heteroatoms. The molecule has 1 aromatic carbocycles. The van der Waals surface area contributed by atoms with Crippen LogP contribution in [0.15, 0.2) is 37.9 Å². The van der Waals surface area contributed by atoms with Crippen LogP contribution in [0.25, 0.3) is 11.0 Å². The molecule has 0 amide bonds. The monoisotopic (exact) mass is 336 g/mol. The van der Waals surface area contributed by atoms with E-state index in [1.54, 1.807) is 6.07 Å². The van der Waals surface area contributed by atoms with E-state index in [0.717, 1.165) is 47.9 Å². The highest BCUT2D eigenvalue weighted by molar-refractivity contribution is 9.10. The van der Waals surface area contributed by atoms with Gasteiger partial charge in [-0.3, -0.25) is 4.90 Å². The maximum atomic E-state index is 11.7. The molecule has 3 rings (SSSR count). The van der Waals surface area contributed by atoms with Gasteiger partial charge in [-0.2, -0.15) is 0 Å². The minimum atomic E-state index is -0.299. The van der Waals surface area contributed by atoms with Crippen molar-refractivity contribution in [2.75, 3.05) is 13.1 Å². The lowest BCUT2D eigenvalue weighted by molar-refractivity contribution is 0.202. The highest BCUT2D eigenvalue weighted by atomic mass is 79.9. The Balaban J connectivity index is 1.96. The number of hydrogen-bond acceptors (Lipinski definition) is 4. The zero-order valence-electron chi connectivity index (χ0n) is 11.1. The van der Waals surface area contributed by atoms with E-state index in [1.807, 2.05) is 18.2 Å². The Bertz CT molecular complexity index is 683. The van der Waals surface area contributed by atoms with Gasteiger partial charge in [-0.05, 0) is 43.1 Å². The van der Waals surface area contributed by atoms with Crippen LogP contribution in [0.3, 0.4) is 0 Å². The zero-order valence-corrected chi connectivity index (χ0v) is 12.7. The molecule has 1 fully saturated rings. The summed E-state index contributed by atoms with van der Waals surface area (Å²) in [5.41, 5.74) is 7.35. The summed E-state index contributed by atoms with van der Waals surface area (Å²) < 4.78 is 6.17. The second kappa shape index (κ2) is 5.68. The quantitative estimate of drug-likeness (QED) is 0.856. The van der Waals surface area contributed by atoms with Crippen LogP contribution >= 0.6 is 15.9 Å². The lowest BCUT2D eigenvalue weighted by Crippen LogP contribution is -2.42. The van der Waals surface area contributed by atoms with E-state index in [0.29, 0.717) is 5.58 Å². The number of fused-ring (bicyclic) bond motifs is 1. The number of nitrogens with zero attached hydrogens (tertiary/aromatic N) is 1. The molecule has 106 valence electrons. The van der Waals surface area contributed by atoms with Gasteiger partial charge in [0, 0.05) is 35.1 Å². The predicted molar refractivity (Wildman–Crippen MR) is 82.7 cm³/mol. The molecule has 2 N–H and O–H groups in total. The van der Waals surface area contributed by atoms with Gasteiger partial charge in [-0.25, -0.2) is 4.79 Å². The van der Waals surface area contributed by atoms with Crippen molar-refractivity contribution >= 4 is 26.9 Å². The van der Waals surface area contributed by atoms with E-state index < -0.39 is 0 Å². The Morgan fingerprint density at radius 2 is 2.25 bits per heavy atom. The van der Waals surface area contributed by atoms with Crippen molar-refractivity contribution in [3.05, 3.63) is 44.7 Å². The Morgan fingerprint density at radius 3 is 3.05 bits per heavy atom. The summed E-state index contributed by atoms with van der Waals surface area (Å²) in [6.07, 6.45) is 2.20. The predicted octanol–water partition coefficient (Wildman–Crippen LogP) is 2.48. The van der Waals surface area contributed by atoms with Crippen molar-refractivity contribution in [3.63, 3.8) is 0 Å². The van der Waals surface area contributed by atoms with E-state index in [1.165, 1.54) is 0 Å². The maximum absolute atomic E-state index is 11.7. The number of rotatable bonds is 2. The Labute approximate surface area is 125 Å². The van der Waals surface area contributed by atoms with Crippen LogP contribution in [-0.2, 0) is 6.54 Å². The molecule has 0 bridgehead atoms. The lowest BCUT2D eigenvalue weighted by Gasteiger charge is -2.30. The average molecular weight is 337 g/mol. The maximum Gasteiger partial charge on any atom is 0.336 e. The van der Waals surface area contributed by atoms with E-state index >= 15 is 0 Å². The van der Waals surface area contributed by atoms with Gasteiger partial charge in [0.05, 0.1) is 0 Å². The van der Waals surface area contributed by atoms with Crippen molar-refractivity contribution in [2.24, 2.45) is 5.73 Å². The SMILES string of the molecule is NC1CCCN(Cc2cc(=O)oc3cc(Br)ccc23)C1. The molecule has 1 aromatic heterocycles. The number of piperidine rings is 1. The summed E-state index contributed by atoms with van der Waals surface area (Å²) in [6.45, 7) is 2.67. The fourth-order valence-electron chi connectivity index (χ4n) is 2.81. The van der Waals surface area contributed by atoms with Gasteiger partial charge in [-0.1, -0.05) is 15.9 Å². The molecule has 2 aromatic rings. The largest absolute Gasteiger partial charge is 0.423 e. The third-order valence-corrected chi connectivity index (χ3v) is 4.22. The first-order valence-corrected chi connectivity index (χ1v) is 7.61. The Kier molecular flexibility index (Phi) is 3.92. The van der Waals surface area contributed by atoms with Gasteiger partial charge in [0.2, 0.25) is 0 Å². The normalized spacial score (nSPS) is 20.4. The van der Waals surface area contributed by atoms with Gasteiger partial charge in [0.15, 0.2) is 0 Å². The van der Waals surface area contributed by atoms with Gasteiger partial charge in [0.25, 0.3) is 0 Å². The van der Waals surface area contributed by atoms with Gasteiger partial charge in [0.1, 0.15) is 5.58 Å². The zero-order chi connectivity index (χ0) is 14.1. The second-order valence-corrected chi connectivity index (χ2v) is 6.28. The van der Waals surface area contributed by atoms with Crippen molar-refractivity contribution in [2.45, 2.75) is 25.4 Å². The lowest BCUT2D eigenvalue weighted by atomic mass is 10.0. The molecule has 1 aliphatic heterocycles. The first-order valence-electron chi connectivity index (χ1n) is 6.82. The highest BCUT2D eigenvalue weighted by Crippen LogP contribution is 2.23. The third kappa shape index (κ3) is 2.95. The van der Waals surface area contributed by atoms with Gasteiger partial charge < -0.3 is 10.2 Å². The number of benzene rings is 1. The van der Waals surface area contributed by atoms with E-state index in [9.17, 15) is 4.79 Å². The number of likely N-dealkylation sites (tertiary alicyclic amines) is 1. The summed E-state index contributed by atoms with van der Waals surface area (Å²) in [5, 5.41) is 0.993. The summed E-state index contributed by atoms with van der Waals surface area (Å²) in [4.78, 5) is 14.0. The smallest absolute Gasteiger partial charge is 0.336 e. The first-order chi connectivity index (χ1) is 9.61. The minimum absolute atomic E-state index is 0.240. The van der Waals surface area contributed by atoms with E-state index in [-0.39, 0.29) is 11.7 Å². The van der Waals surface area contributed by atoms with Crippen LogP contribution in [0.4, 0.5) is 0 Å². The number of halogens is 1. The standard InChI is InChI=1S/C15H17BrN2O2/c16-11-3-4-13-10(6-15(19)20-14(13)7-11)8-18-5-1-2-12(17)9-18/h3-4,6-7,12H,1-2,5,8-9,17H2. The Hall–Kier alpha value is -1.17. The van der Waals surface area contributed by atoms with Crippen LogP contribution in [-0.4, -0.2) is 24.0 Å². The highest BCUT2D eigenvalue weighted by Gasteiger charge is 2.18. The molecule has 1 aliphatic rings. The van der Waals surface area contributed by atoms with Gasteiger partial charge >= 0.3 is 5.63 Å². The van der Waals surface area contributed by atoms with Crippen LogP contribution in [0.5, 0.6) is 0 Å². The molecule has 2 heterocycles. The van der Waals surface area contributed by atoms with Crippen LogP contribution in [0.2, 0.25) is 0 Å². The van der Waals surface area contributed by atoms with Crippen molar-refractivity contribution in [1.82, 2.24) is 4.90 Å². The first kappa shape index (κ1) is 13.8. The topological polar surface area (TPSA) is 59.5 Å². The molecule has 20 heavy (non-hydrogen) atoms. The molecular weight excluding hydrogens is 320 g/mol. The molecule has 1 atom stereocenters. The molecule has 1 unspecified atom stereocenters. The molecule has 0 aliphatic carbocycles. The third-order valence-electron chi connectivity index (χ3n) is 3.73. The van der Waals surface area contributed by atoms with E-state index in [2.05, 4.69) is 20.8 Å². The van der Waals surface area contributed by atoms with Gasteiger partial charge in [-0.15, -0.1) is 0 Å². The molecule has 4 nitrogen and oxygen atoms in total. The molecule has 1 saturated heterocycles. The number of hydrogen-bond donors (Lipinski definition) is 1. The second-order valence-electron chi connectivity index (χ2n) is 5.37. The van der Waals surface area contributed by atoms with Crippen LogP contribution in [0.1, 0.15) is 18.4 Å². The van der Waals surface area contributed by atoms with Crippen molar-refractivity contribution in [1.29, 1.82) is 0 Å². The van der Waals surface area contributed by atoms with Crippen molar-refractivity contribution < 1.29 is 4.42 Å². The molecule has 0 saturated carbocycles. The van der Waals surface area contributed by atoms with E-state index in [4.69, 9.17) is 10.2 Å². The summed E-state index contributed by atoms with van der Waals surface area (Å²) in [5.74, 6) is 0. The molecule has 0 spiro atoms.